The molecule has 2 heterocycles. The molecule has 24 heavy (non-hydrogen) atoms. The SMILES string of the molecule is Cn1cc(S(=O)(=O)N2CCOCC2)cc1C(=O)OC1CCCCC1. The number of carbonyl (C=O) groups excluding carboxylic acids is 1. The van der Waals surface area contributed by atoms with Crippen molar-refractivity contribution in [2.24, 2.45) is 7.05 Å². The molecule has 1 aliphatic heterocycles. The van der Waals surface area contributed by atoms with Crippen LogP contribution in [-0.2, 0) is 26.5 Å². The third-order valence-corrected chi connectivity index (χ3v) is 6.49. The molecule has 1 saturated heterocycles. The van der Waals surface area contributed by atoms with Crippen LogP contribution in [0.25, 0.3) is 0 Å². The van der Waals surface area contributed by atoms with Gasteiger partial charge in [0.15, 0.2) is 0 Å². The summed E-state index contributed by atoms with van der Waals surface area (Å²) in [6.07, 6.45) is 6.51. The summed E-state index contributed by atoms with van der Waals surface area (Å²) in [7, 11) is -1.94. The Balaban J connectivity index is 1.75. The van der Waals surface area contributed by atoms with Crippen LogP contribution in [0.15, 0.2) is 17.2 Å². The van der Waals surface area contributed by atoms with Gasteiger partial charge in [0.25, 0.3) is 0 Å². The Morgan fingerprint density at radius 3 is 2.54 bits per heavy atom. The normalized spacial score (nSPS) is 20.9. The highest BCUT2D eigenvalue weighted by Gasteiger charge is 2.29. The molecule has 2 aliphatic rings. The van der Waals surface area contributed by atoms with Crippen molar-refractivity contribution in [3.63, 3.8) is 0 Å². The lowest BCUT2D eigenvalue weighted by Crippen LogP contribution is -2.40. The second-order valence-corrected chi connectivity index (χ2v) is 8.29. The van der Waals surface area contributed by atoms with Crippen LogP contribution in [0, 0.1) is 0 Å². The Morgan fingerprint density at radius 2 is 1.88 bits per heavy atom. The third kappa shape index (κ3) is 3.65. The summed E-state index contributed by atoms with van der Waals surface area (Å²) >= 11 is 0. The van der Waals surface area contributed by atoms with Gasteiger partial charge in [0.2, 0.25) is 10.0 Å². The topological polar surface area (TPSA) is 77.8 Å². The van der Waals surface area contributed by atoms with Crippen molar-refractivity contribution in [2.45, 2.75) is 43.1 Å². The molecule has 0 radical (unpaired) electrons. The monoisotopic (exact) mass is 356 g/mol. The lowest BCUT2D eigenvalue weighted by atomic mass is 9.98. The fraction of sp³-hybridized carbons (Fsp3) is 0.688. The van der Waals surface area contributed by atoms with E-state index in [-0.39, 0.29) is 16.7 Å². The van der Waals surface area contributed by atoms with Gasteiger partial charge in [0.05, 0.1) is 13.2 Å². The number of sulfonamides is 1. The number of rotatable bonds is 4. The molecule has 2 fully saturated rings. The van der Waals surface area contributed by atoms with E-state index in [0.29, 0.717) is 26.3 Å². The number of hydrogen-bond acceptors (Lipinski definition) is 5. The number of aryl methyl sites for hydroxylation is 1. The van der Waals surface area contributed by atoms with Crippen LogP contribution in [-0.4, -0.2) is 55.7 Å². The van der Waals surface area contributed by atoms with Crippen LogP contribution >= 0.6 is 0 Å². The predicted octanol–water partition coefficient (Wildman–Crippen LogP) is 1.54. The van der Waals surface area contributed by atoms with E-state index < -0.39 is 16.0 Å². The number of morpholine rings is 1. The van der Waals surface area contributed by atoms with E-state index in [4.69, 9.17) is 9.47 Å². The number of esters is 1. The number of aromatic nitrogens is 1. The van der Waals surface area contributed by atoms with Crippen LogP contribution < -0.4 is 0 Å². The first-order chi connectivity index (χ1) is 11.5. The zero-order chi connectivity index (χ0) is 17.2. The summed E-state index contributed by atoms with van der Waals surface area (Å²) in [6, 6.07) is 1.41. The van der Waals surface area contributed by atoms with E-state index in [9.17, 15) is 13.2 Å². The lowest BCUT2D eigenvalue weighted by Gasteiger charge is -2.25. The van der Waals surface area contributed by atoms with Crippen molar-refractivity contribution >= 4 is 16.0 Å². The number of carbonyl (C=O) groups is 1. The van der Waals surface area contributed by atoms with Crippen LogP contribution in [0.3, 0.4) is 0 Å². The van der Waals surface area contributed by atoms with Crippen molar-refractivity contribution in [1.29, 1.82) is 0 Å². The van der Waals surface area contributed by atoms with Gasteiger partial charge in [0.1, 0.15) is 16.7 Å². The molecule has 0 unspecified atom stereocenters. The first kappa shape index (κ1) is 17.4. The summed E-state index contributed by atoms with van der Waals surface area (Å²) in [5.74, 6) is -0.451. The lowest BCUT2D eigenvalue weighted by molar-refractivity contribution is 0.0200. The Labute approximate surface area is 142 Å². The molecule has 8 heteroatoms. The minimum atomic E-state index is -3.61. The molecule has 0 amide bonds. The maximum Gasteiger partial charge on any atom is 0.355 e. The summed E-state index contributed by atoms with van der Waals surface area (Å²) in [5, 5.41) is 0. The standard InChI is InChI=1S/C16H24N2O5S/c1-17-12-14(24(20,21)18-7-9-22-10-8-18)11-15(17)16(19)23-13-5-3-2-4-6-13/h11-13H,2-10H2,1H3. The minimum Gasteiger partial charge on any atom is -0.458 e. The average molecular weight is 356 g/mol. The maximum atomic E-state index is 12.7. The quantitative estimate of drug-likeness (QED) is 0.765. The average Bonchev–Trinajstić information content (AvgIpc) is 2.99. The van der Waals surface area contributed by atoms with Gasteiger partial charge in [-0.1, -0.05) is 6.42 Å². The number of hydrogen-bond donors (Lipinski definition) is 0. The van der Waals surface area contributed by atoms with Crippen LogP contribution in [0.5, 0.6) is 0 Å². The Hall–Kier alpha value is -1.38. The van der Waals surface area contributed by atoms with Gasteiger partial charge < -0.3 is 14.0 Å². The number of nitrogens with zero attached hydrogens (tertiary/aromatic N) is 2. The highest BCUT2D eigenvalue weighted by Crippen LogP contribution is 2.23. The molecule has 134 valence electrons. The molecule has 1 aromatic rings. The summed E-state index contributed by atoms with van der Waals surface area (Å²) in [5.41, 5.74) is 0.271. The van der Waals surface area contributed by atoms with Crippen LogP contribution in [0.1, 0.15) is 42.6 Å². The second kappa shape index (κ2) is 7.25. The molecule has 0 spiro atoms. The smallest absolute Gasteiger partial charge is 0.355 e. The molecule has 0 bridgehead atoms. The molecule has 1 saturated carbocycles. The summed E-state index contributed by atoms with van der Waals surface area (Å²) in [6.45, 7) is 1.45. The van der Waals surface area contributed by atoms with Gasteiger partial charge in [-0.3, -0.25) is 0 Å². The molecule has 3 rings (SSSR count). The van der Waals surface area contributed by atoms with E-state index in [0.717, 1.165) is 25.7 Å². The van der Waals surface area contributed by atoms with Crippen molar-refractivity contribution in [1.82, 2.24) is 8.87 Å². The molecule has 0 N–H and O–H groups in total. The fourth-order valence-electron chi connectivity index (χ4n) is 3.21. The molecular formula is C16H24N2O5S. The molecule has 0 aromatic carbocycles. The third-order valence-electron chi connectivity index (χ3n) is 4.62. The minimum absolute atomic E-state index is 0.0551. The Bertz CT molecular complexity index is 685. The van der Waals surface area contributed by atoms with E-state index in [1.54, 1.807) is 7.05 Å². The maximum absolute atomic E-state index is 12.7. The number of ether oxygens (including phenoxy) is 2. The van der Waals surface area contributed by atoms with E-state index in [1.165, 1.54) is 27.6 Å². The molecule has 1 aliphatic carbocycles. The van der Waals surface area contributed by atoms with Crippen molar-refractivity contribution in [2.75, 3.05) is 26.3 Å². The zero-order valence-electron chi connectivity index (χ0n) is 13.9. The van der Waals surface area contributed by atoms with Crippen molar-refractivity contribution < 1.29 is 22.7 Å². The summed E-state index contributed by atoms with van der Waals surface area (Å²) < 4.78 is 39.0. The van der Waals surface area contributed by atoms with Crippen LogP contribution in [0.2, 0.25) is 0 Å². The molecule has 1 aromatic heterocycles. The predicted molar refractivity (Wildman–Crippen MR) is 87.3 cm³/mol. The van der Waals surface area contributed by atoms with Crippen LogP contribution in [0.4, 0.5) is 0 Å². The van der Waals surface area contributed by atoms with Gasteiger partial charge in [-0.25, -0.2) is 13.2 Å². The van der Waals surface area contributed by atoms with Gasteiger partial charge >= 0.3 is 5.97 Å². The van der Waals surface area contributed by atoms with Gasteiger partial charge in [-0.05, 0) is 31.7 Å². The van der Waals surface area contributed by atoms with E-state index in [2.05, 4.69) is 0 Å². The first-order valence-corrected chi connectivity index (χ1v) is 9.88. The second-order valence-electron chi connectivity index (χ2n) is 6.35. The fourth-order valence-corrected chi connectivity index (χ4v) is 4.69. The first-order valence-electron chi connectivity index (χ1n) is 8.44. The van der Waals surface area contributed by atoms with E-state index >= 15 is 0 Å². The zero-order valence-corrected chi connectivity index (χ0v) is 14.8. The van der Waals surface area contributed by atoms with Gasteiger partial charge in [-0.2, -0.15) is 4.31 Å². The largest absolute Gasteiger partial charge is 0.458 e. The summed E-state index contributed by atoms with van der Waals surface area (Å²) in [4.78, 5) is 12.5. The molecule has 0 atom stereocenters. The highest BCUT2D eigenvalue weighted by molar-refractivity contribution is 7.89. The Morgan fingerprint density at radius 1 is 1.21 bits per heavy atom. The highest BCUT2D eigenvalue weighted by atomic mass is 32.2. The van der Waals surface area contributed by atoms with Crippen molar-refractivity contribution in [3.05, 3.63) is 18.0 Å². The van der Waals surface area contributed by atoms with Gasteiger partial charge in [0, 0.05) is 26.3 Å². The Kier molecular flexibility index (Phi) is 5.27. The molecule has 7 nitrogen and oxygen atoms in total. The van der Waals surface area contributed by atoms with Crippen molar-refractivity contribution in [3.8, 4) is 0 Å². The van der Waals surface area contributed by atoms with E-state index in [1.807, 2.05) is 0 Å². The van der Waals surface area contributed by atoms with Gasteiger partial charge in [-0.15, -0.1) is 0 Å². The molecular weight excluding hydrogens is 332 g/mol.